The third-order valence-corrected chi connectivity index (χ3v) is 6.49. The number of carbonyl (C=O) groups excluding carboxylic acids is 1. The minimum absolute atomic E-state index is 0.0405. The smallest absolute Gasteiger partial charge is 0.252 e. The van der Waals surface area contributed by atoms with E-state index in [2.05, 4.69) is 20.6 Å². The molecular weight excluding hydrogens is 482 g/mol. The molecule has 0 unspecified atom stereocenters. The largest absolute Gasteiger partial charge is 0.494 e. The Labute approximate surface area is 211 Å². The molecular formula is C26H26F2N6O3. The van der Waals surface area contributed by atoms with Crippen LogP contribution in [0.1, 0.15) is 22.8 Å². The van der Waals surface area contributed by atoms with Crippen molar-refractivity contribution in [3.8, 4) is 17.0 Å². The Hall–Kier alpha value is -4.09. The van der Waals surface area contributed by atoms with Crippen molar-refractivity contribution in [2.45, 2.75) is 18.9 Å². The number of carbonyl (C=O) groups is 1. The molecule has 1 saturated heterocycles. The van der Waals surface area contributed by atoms with Gasteiger partial charge in [0.05, 0.1) is 37.8 Å². The molecule has 0 aliphatic carbocycles. The van der Waals surface area contributed by atoms with Crippen LogP contribution in [0.3, 0.4) is 0 Å². The molecule has 1 fully saturated rings. The Morgan fingerprint density at radius 2 is 2.03 bits per heavy atom. The van der Waals surface area contributed by atoms with Crippen LogP contribution in [-0.2, 0) is 11.2 Å². The van der Waals surface area contributed by atoms with Crippen molar-refractivity contribution in [2.24, 2.45) is 5.73 Å². The van der Waals surface area contributed by atoms with Gasteiger partial charge in [0.2, 0.25) is 5.82 Å². The molecule has 1 aliphatic rings. The number of aryl methyl sites for hydroxylation is 1. The Bertz CT molecular complexity index is 1480. The summed E-state index contributed by atoms with van der Waals surface area (Å²) in [6.07, 6.45) is 5.23. The zero-order valence-electron chi connectivity index (χ0n) is 20.3. The third kappa shape index (κ3) is 4.36. The van der Waals surface area contributed by atoms with Crippen molar-refractivity contribution in [3.05, 3.63) is 71.7 Å². The number of methoxy groups -OCH3 is 1. The highest BCUT2D eigenvalue weighted by Crippen LogP contribution is 2.31. The number of imidazole rings is 1. The highest BCUT2D eigenvalue weighted by molar-refractivity contribution is 5.97. The van der Waals surface area contributed by atoms with Gasteiger partial charge in [0.25, 0.3) is 5.91 Å². The van der Waals surface area contributed by atoms with Gasteiger partial charge in [-0.3, -0.25) is 9.20 Å². The van der Waals surface area contributed by atoms with Gasteiger partial charge in [0.1, 0.15) is 0 Å². The lowest BCUT2D eigenvalue weighted by Gasteiger charge is -2.41. The van der Waals surface area contributed by atoms with Crippen LogP contribution < -0.4 is 21.1 Å². The molecule has 0 bridgehead atoms. The average molecular weight is 509 g/mol. The molecule has 4 aromatic rings. The summed E-state index contributed by atoms with van der Waals surface area (Å²) < 4.78 is 40.8. The number of hydrogen-bond donors (Lipinski definition) is 3. The van der Waals surface area contributed by atoms with Crippen LogP contribution in [0.4, 0.5) is 20.3 Å². The lowest BCUT2D eigenvalue weighted by atomic mass is 9.96. The van der Waals surface area contributed by atoms with Crippen LogP contribution in [0.15, 0.2) is 48.9 Å². The second-order valence-electron chi connectivity index (χ2n) is 8.84. The van der Waals surface area contributed by atoms with E-state index < -0.39 is 17.2 Å². The first-order chi connectivity index (χ1) is 17.9. The second kappa shape index (κ2) is 9.75. The monoisotopic (exact) mass is 508 g/mol. The number of fused-ring (bicyclic) bond motifs is 1. The maximum Gasteiger partial charge on any atom is 0.252 e. The quantitative estimate of drug-likeness (QED) is 0.334. The number of hydrogen-bond acceptors (Lipinski definition) is 7. The predicted octanol–water partition coefficient (Wildman–Crippen LogP) is 3.45. The SMILES string of the molecule is CCc1cc(Nc2nccn3c(-c4ccc(OC)c(F)c4F)cnc23)ccc1C(=O)NC1(CN)COC1. The number of halogens is 2. The van der Waals surface area contributed by atoms with Crippen molar-refractivity contribution < 1.29 is 23.0 Å². The van der Waals surface area contributed by atoms with E-state index in [-0.39, 0.29) is 17.2 Å². The van der Waals surface area contributed by atoms with Gasteiger partial charge in [-0.15, -0.1) is 0 Å². The molecule has 192 valence electrons. The summed E-state index contributed by atoms with van der Waals surface area (Å²) in [5, 5.41) is 6.22. The predicted molar refractivity (Wildman–Crippen MR) is 134 cm³/mol. The molecule has 4 N–H and O–H groups in total. The summed E-state index contributed by atoms with van der Waals surface area (Å²) in [6.45, 7) is 3.05. The average Bonchev–Trinajstić information content (AvgIpc) is 3.32. The minimum atomic E-state index is -1.07. The van der Waals surface area contributed by atoms with Crippen molar-refractivity contribution in [2.75, 3.05) is 32.2 Å². The molecule has 5 rings (SSSR count). The fourth-order valence-corrected chi connectivity index (χ4v) is 4.31. The van der Waals surface area contributed by atoms with Crippen LogP contribution in [0.5, 0.6) is 5.75 Å². The van der Waals surface area contributed by atoms with E-state index in [1.54, 1.807) is 22.7 Å². The van der Waals surface area contributed by atoms with Gasteiger partial charge in [-0.25, -0.2) is 14.4 Å². The van der Waals surface area contributed by atoms with Gasteiger partial charge in [-0.1, -0.05) is 6.92 Å². The van der Waals surface area contributed by atoms with Crippen molar-refractivity contribution in [1.82, 2.24) is 19.7 Å². The Kier molecular flexibility index (Phi) is 6.48. The molecule has 1 aliphatic heterocycles. The maximum absolute atomic E-state index is 14.8. The molecule has 37 heavy (non-hydrogen) atoms. The summed E-state index contributed by atoms with van der Waals surface area (Å²) in [4.78, 5) is 21.7. The molecule has 0 radical (unpaired) electrons. The first-order valence-electron chi connectivity index (χ1n) is 11.7. The van der Waals surface area contributed by atoms with Crippen LogP contribution in [-0.4, -0.2) is 52.7 Å². The van der Waals surface area contributed by atoms with E-state index in [0.717, 1.165) is 5.56 Å². The van der Waals surface area contributed by atoms with Crippen LogP contribution in [0.2, 0.25) is 0 Å². The number of benzene rings is 2. The molecule has 11 heteroatoms. The first-order valence-corrected chi connectivity index (χ1v) is 11.7. The third-order valence-electron chi connectivity index (χ3n) is 6.49. The van der Waals surface area contributed by atoms with Gasteiger partial charge >= 0.3 is 0 Å². The molecule has 0 saturated carbocycles. The summed E-state index contributed by atoms with van der Waals surface area (Å²) in [6, 6.07) is 8.19. The molecule has 2 aromatic carbocycles. The fraction of sp³-hybridized carbons (Fsp3) is 0.269. The summed E-state index contributed by atoms with van der Waals surface area (Å²) >= 11 is 0. The molecule has 2 aromatic heterocycles. The van der Waals surface area contributed by atoms with E-state index >= 15 is 0 Å². The van der Waals surface area contributed by atoms with E-state index in [9.17, 15) is 13.6 Å². The number of aromatic nitrogens is 3. The van der Waals surface area contributed by atoms with E-state index in [1.165, 1.54) is 31.6 Å². The molecule has 1 amide bonds. The molecule has 3 heterocycles. The first kappa shape index (κ1) is 24.6. The topological polar surface area (TPSA) is 116 Å². The minimum Gasteiger partial charge on any atom is -0.494 e. The normalized spacial score (nSPS) is 14.3. The lowest BCUT2D eigenvalue weighted by Crippen LogP contribution is -2.66. The number of nitrogens with two attached hydrogens (primary N) is 1. The van der Waals surface area contributed by atoms with Crippen molar-refractivity contribution in [1.29, 1.82) is 0 Å². The Morgan fingerprint density at radius 3 is 2.70 bits per heavy atom. The van der Waals surface area contributed by atoms with Crippen LogP contribution in [0.25, 0.3) is 16.9 Å². The molecule has 0 spiro atoms. The number of anilines is 2. The van der Waals surface area contributed by atoms with Crippen molar-refractivity contribution in [3.63, 3.8) is 0 Å². The summed E-state index contributed by atoms with van der Waals surface area (Å²) in [7, 11) is 1.28. The van der Waals surface area contributed by atoms with E-state index in [0.29, 0.717) is 54.6 Å². The van der Waals surface area contributed by atoms with Gasteiger partial charge < -0.3 is 25.8 Å². The lowest BCUT2D eigenvalue weighted by molar-refractivity contribution is -0.0642. The van der Waals surface area contributed by atoms with Gasteiger partial charge in [-0.05, 0) is 42.3 Å². The Morgan fingerprint density at radius 1 is 1.22 bits per heavy atom. The molecule has 0 atom stereocenters. The number of nitrogens with one attached hydrogen (secondary N) is 2. The van der Waals surface area contributed by atoms with Gasteiger partial charge in [0, 0.05) is 35.8 Å². The number of amides is 1. The number of nitrogens with zero attached hydrogens (tertiary/aromatic N) is 3. The summed E-state index contributed by atoms with van der Waals surface area (Å²) in [5.74, 6) is -2.07. The fourth-order valence-electron chi connectivity index (χ4n) is 4.31. The summed E-state index contributed by atoms with van der Waals surface area (Å²) in [5.41, 5.74) is 8.20. The van der Waals surface area contributed by atoms with Gasteiger partial charge in [-0.2, -0.15) is 4.39 Å². The van der Waals surface area contributed by atoms with Gasteiger partial charge in [0.15, 0.2) is 23.0 Å². The van der Waals surface area contributed by atoms with Crippen LogP contribution in [0, 0.1) is 11.6 Å². The van der Waals surface area contributed by atoms with Crippen LogP contribution >= 0.6 is 0 Å². The zero-order valence-corrected chi connectivity index (χ0v) is 20.3. The highest BCUT2D eigenvalue weighted by Gasteiger charge is 2.39. The second-order valence-corrected chi connectivity index (χ2v) is 8.84. The molecule has 9 nitrogen and oxygen atoms in total. The number of ether oxygens (including phenoxy) is 2. The zero-order chi connectivity index (χ0) is 26.2. The standard InChI is InChI=1S/C26H26F2N6O3/c1-3-15-10-16(4-5-17(15)25(35)33-26(12-29)13-37-14-26)32-23-24-31-11-19(34(24)9-8-30-23)18-6-7-20(36-2)22(28)21(18)27/h4-11H,3,12-14,29H2,1-2H3,(H,30,32)(H,33,35). The van der Waals surface area contributed by atoms with Crippen molar-refractivity contribution >= 4 is 23.1 Å². The van der Waals surface area contributed by atoms with E-state index in [4.69, 9.17) is 15.2 Å². The highest BCUT2D eigenvalue weighted by atomic mass is 19.2. The maximum atomic E-state index is 14.8. The number of rotatable bonds is 8. The van der Waals surface area contributed by atoms with E-state index in [1.807, 2.05) is 13.0 Å². The Balaban J connectivity index is 1.44.